The summed E-state index contributed by atoms with van der Waals surface area (Å²) < 4.78 is 38.5. The lowest BCUT2D eigenvalue weighted by Crippen LogP contribution is -2.39. The van der Waals surface area contributed by atoms with E-state index in [9.17, 15) is 0 Å². The number of hydrogen-bond acceptors (Lipinski definition) is 6. The Kier molecular flexibility index (Phi) is 9.26. The van der Waals surface area contributed by atoms with Gasteiger partial charge in [-0.3, -0.25) is 0 Å². The van der Waals surface area contributed by atoms with Gasteiger partial charge in [0.2, 0.25) is 11.8 Å². The van der Waals surface area contributed by atoms with Crippen LogP contribution in [-0.4, -0.2) is 38.6 Å². The number of methoxy groups -OCH3 is 2. The number of pyridine rings is 1. The predicted octanol–water partition coefficient (Wildman–Crippen LogP) is 6.88. The van der Waals surface area contributed by atoms with Gasteiger partial charge in [-0.2, -0.15) is 4.98 Å². The molecule has 0 saturated carbocycles. The summed E-state index contributed by atoms with van der Waals surface area (Å²) in [4.78, 5) is 6.75. The fraction of sp³-hybridized carbons (Fsp3) is 0.303. The third-order valence-electron chi connectivity index (χ3n) is 7.27. The van der Waals surface area contributed by atoms with E-state index in [0.29, 0.717) is 47.7 Å². The first-order valence-corrected chi connectivity index (χ1v) is 13.6. The van der Waals surface area contributed by atoms with Gasteiger partial charge in [0.15, 0.2) is 6.29 Å². The maximum absolute atomic E-state index is 15.5. The van der Waals surface area contributed by atoms with Gasteiger partial charge in [0.25, 0.3) is 0 Å². The second-order valence-corrected chi connectivity index (χ2v) is 9.88. The Morgan fingerprint density at radius 3 is 2.02 bits per heavy atom. The average molecular weight is 543 g/mol. The quantitative estimate of drug-likeness (QED) is 0.193. The molecule has 1 aliphatic heterocycles. The second-order valence-electron chi connectivity index (χ2n) is 9.88. The van der Waals surface area contributed by atoms with Crippen LogP contribution in [0, 0.1) is 11.7 Å². The molecule has 1 fully saturated rings. The molecule has 7 heteroatoms. The average Bonchev–Trinajstić information content (AvgIpc) is 3.01. The Balaban J connectivity index is 1.35. The highest BCUT2D eigenvalue weighted by Crippen LogP contribution is 2.35. The van der Waals surface area contributed by atoms with E-state index in [1.807, 2.05) is 78.9 Å². The third kappa shape index (κ3) is 6.79. The molecule has 2 heterocycles. The zero-order chi connectivity index (χ0) is 27.7. The summed E-state index contributed by atoms with van der Waals surface area (Å²) in [5.41, 5.74) is 4.05. The molecule has 1 aliphatic rings. The molecule has 0 amide bonds. The third-order valence-corrected chi connectivity index (χ3v) is 7.27. The van der Waals surface area contributed by atoms with E-state index in [1.54, 1.807) is 26.4 Å². The van der Waals surface area contributed by atoms with Crippen LogP contribution in [-0.2, 0) is 22.7 Å². The summed E-state index contributed by atoms with van der Waals surface area (Å²) in [7, 11) is 3.32. The number of aromatic nitrogens is 1. The second kappa shape index (κ2) is 13.4. The zero-order valence-corrected chi connectivity index (χ0v) is 23.0. The Morgan fingerprint density at radius 1 is 0.800 bits per heavy atom. The molecule has 0 spiro atoms. The smallest absolute Gasteiger partial charge is 0.225 e. The van der Waals surface area contributed by atoms with E-state index < -0.39 is 0 Å². The van der Waals surface area contributed by atoms with Crippen LogP contribution in [0.1, 0.15) is 24.0 Å². The van der Waals surface area contributed by atoms with Gasteiger partial charge in [0, 0.05) is 44.9 Å². The highest BCUT2D eigenvalue weighted by atomic mass is 19.1. The van der Waals surface area contributed by atoms with Crippen molar-refractivity contribution in [2.75, 3.05) is 32.2 Å². The Hall–Kier alpha value is -3.94. The zero-order valence-electron chi connectivity index (χ0n) is 23.0. The lowest BCUT2D eigenvalue weighted by Gasteiger charge is -2.36. The van der Waals surface area contributed by atoms with Crippen molar-refractivity contribution in [3.63, 3.8) is 0 Å². The Morgan fingerprint density at radius 2 is 1.43 bits per heavy atom. The molecule has 1 saturated heterocycles. The minimum atomic E-state index is -0.274. The highest BCUT2D eigenvalue weighted by molar-refractivity contribution is 5.71. The number of hydrogen-bond donors (Lipinski definition) is 0. The number of ether oxygens (including phenoxy) is 4. The topological polar surface area (TPSA) is 53.1 Å². The van der Waals surface area contributed by atoms with Crippen LogP contribution >= 0.6 is 0 Å². The molecule has 1 aromatic heterocycles. The fourth-order valence-corrected chi connectivity index (χ4v) is 5.12. The van der Waals surface area contributed by atoms with Gasteiger partial charge in [-0.1, -0.05) is 66.7 Å². The molecule has 40 heavy (non-hydrogen) atoms. The molecule has 4 aromatic rings. The summed E-state index contributed by atoms with van der Waals surface area (Å²) in [5.74, 6) is 0.865. The fourth-order valence-electron chi connectivity index (χ4n) is 5.12. The summed E-state index contributed by atoms with van der Waals surface area (Å²) in [6, 6.07) is 28.8. The lowest BCUT2D eigenvalue weighted by molar-refractivity contribution is -0.141. The summed E-state index contributed by atoms with van der Waals surface area (Å²) >= 11 is 0. The first-order valence-electron chi connectivity index (χ1n) is 13.6. The van der Waals surface area contributed by atoms with Crippen LogP contribution in [0.2, 0.25) is 0 Å². The van der Waals surface area contributed by atoms with Gasteiger partial charge >= 0.3 is 0 Å². The van der Waals surface area contributed by atoms with Gasteiger partial charge in [-0.05, 0) is 47.7 Å². The molecule has 6 nitrogen and oxygen atoms in total. The standard InChI is InChI=1S/C33H35FN2O4/c1-37-33(38-2)26-17-19-36(20-18-26)30-15-13-27(21-29(30)34)28-14-16-31(39-22-24-9-5-3-6-10-24)35-32(28)40-23-25-11-7-4-8-12-25/h3-16,21,26,33H,17-20,22-23H2,1-2H3. The normalized spacial score (nSPS) is 13.9. The minimum Gasteiger partial charge on any atom is -0.473 e. The maximum Gasteiger partial charge on any atom is 0.225 e. The number of piperidine rings is 1. The van der Waals surface area contributed by atoms with Crippen LogP contribution < -0.4 is 14.4 Å². The van der Waals surface area contributed by atoms with Crippen molar-refractivity contribution in [3.8, 4) is 22.9 Å². The van der Waals surface area contributed by atoms with Crippen molar-refractivity contribution in [2.45, 2.75) is 32.3 Å². The van der Waals surface area contributed by atoms with E-state index >= 15 is 4.39 Å². The van der Waals surface area contributed by atoms with Crippen LogP contribution in [0.5, 0.6) is 11.8 Å². The van der Waals surface area contributed by atoms with Crippen molar-refractivity contribution < 1.29 is 23.3 Å². The SMILES string of the molecule is COC(OC)C1CCN(c2ccc(-c3ccc(OCc4ccccc4)nc3OCc3ccccc3)cc2F)CC1. The monoisotopic (exact) mass is 542 g/mol. The molecule has 3 aromatic carbocycles. The molecule has 0 radical (unpaired) electrons. The predicted molar refractivity (Wildman–Crippen MR) is 154 cm³/mol. The van der Waals surface area contributed by atoms with Gasteiger partial charge in [-0.25, -0.2) is 4.39 Å². The largest absolute Gasteiger partial charge is 0.473 e. The molecule has 0 unspecified atom stereocenters. The van der Waals surface area contributed by atoms with Crippen LogP contribution in [0.15, 0.2) is 91.0 Å². The molecule has 0 N–H and O–H groups in total. The minimum absolute atomic E-state index is 0.226. The first-order chi connectivity index (χ1) is 19.6. The van der Waals surface area contributed by atoms with Gasteiger partial charge < -0.3 is 23.8 Å². The van der Waals surface area contributed by atoms with Gasteiger partial charge in [0.05, 0.1) is 5.69 Å². The van der Waals surface area contributed by atoms with E-state index in [-0.39, 0.29) is 12.1 Å². The van der Waals surface area contributed by atoms with E-state index in [4.69, 9.17) is 18.9 Å². The van der Waals surface area contributed by atoms with Crippen molar-refractivity contribution >= 4 is 5.69 Å². The van der Waals surface area contributed by atoms with Crippen molar-refractivity contribution in [1.29, 1.82) is 0 Å². The maximum atomic E-state index is 15.5. The molecule has 0 bridgehead atoms. The first kappa shape index (κ1) is 27.6. The van der Waals surface area contributed by atoms with Crippen LogP contribution in [0.3, 0.4) is 0 Å². The molecule has 5 rings (SSSR count). The molecule has 0 aliphatic carbocycles. The van der Waals surface area contributed by atoms with Crippen molar-refractivity contribution in [2.24, 2.45) is 5.92 Å². The number of anilines is 1. The number of rotatable bonds is 11. The number of halogens is 1. The number of benzene rings is 3. The van der Waals surface area contributed by atoms with Crippen LogP contribution in [0.25, 0.3) is 11.1 Å². The molecular formula is C33H35FN2O4. The molecular weight excluding hydrogens is 507 g/mol. The molecule has 208 valence electrons. The highest BCUT2D eigenvalue weighted by Gasteiger charge is 2.27. The Bertz CT molecular complexity index is 1360. The lowest BCUT2D eigenvalue weighted by atomic mass is 9.95. The number of nitrogens with zero attached hydrogens (tertiary/aromatic N) is 2. The van der Waals surface area contributed by atoms with Gasteiger partial charge in [-0.15, -0.1) is 0 Å². The Labute approximate surface area is 235 Å². The molecule has 0 atom stereocenters. The summed E-state index contributed by atoms with van der Waals surface area (Å²) in [6.07, 6.45) is 1.52. The van der Waals surface area contributed by atoms with E-state index in [2.05, 4.69) is 9.88 Å². The summed E-state index contributed by atoms with van der Waals surface area (Å²) in [5, 5.41) is 0. The van der Waals surface area contributed by atoms with Crippen molar-refractivity contribution in [3.05, 3.63) is 108 Å². The summed E-state index contributed by atoms with van der Waals surface area (Å²) in [6.45, 7) is 2.21. The van der Waals surface area contributed by atoms with E-state index in [1.165, 1.54) is 0 Å². The van der Waals surface area contributed by atoms with Crippen molar-refractivity contribution in [1.82, 2.24) is 4.98 Å². The van der Waals surface area contributed by atoms with Crippen LogP contribution in [0.4, 0.5) is 10.1 Å². The van der Waals surface area contributed by atoms with E-state index in [0.717, 1.165) is 37.1 Å². The van der Waals surface area contributed by atoms with Gasteiger partial charge in [0.1, 0.15) is 19.0 Å².